The highest BCUT2D eigenvalue weighted by atomic mass is 16.3. The van der Waals surface area contributed by atoms with E-state index in [2.05, 4.69) is 5.32 Å². The van der Waals surface area contributed by atoms with Crippen LogP contribution in [0, 0.1) is 13.8 Å². The number of aryl methyl sites for hydroxylation is 2. The lowest BCUT2D eigenvalue weighted by Gasteiger charge is -2.15. The number of anilines is 1. The third kappa shape index (κ3) is 3.28. The zero-order chi connectivity index (χ0) is 16.4. The Morgan fingerprint density at radius 3 is 2.30 bits per heavy atom. The van der Waals surface area contributed by atoms with Crippen molar-refractivity contribution in [3.8, 4) is 0 Å². The van der Waals surface area contributed by atoms with Gasteiger partial charge in [0.25, 0.3) is 11.8 Å². The third-order valence-corrected chi connectivity index (χ3v) is 4.07. The monoisotopic (exact) mass is 312 g/mol. The molecule has 0 unspecified atom stereocenters. The van der Waals surface area contributed by atoms with Crippen LogP contribution in [0.15, 0.2) is 34.7 Å². The zero-order valence-corrected chi connectivity index (χ0v) is 13.4. The van der Waals surface area contributed by atoms with Gasteiger partial charge in [-0.3, -0.25) is 9.59 Å². The van der Waals surface area contributed by atoms with Crippen LogP contribution in [-0.2, 0) is 0 Å². The summed E-state index contributed by atoms with van der Waals surface area (Å²) in [6, 6.07) is 8.73. The van der Waals surface area contributed by atoms with Crippen molar-refractivity contribution < 1.29 is 14.0 Å². The van der Waals surface area contributed by atoms with Gasteiger partial charge in [0.2, 0.25) is 0 Å². The first-order valence-electron chi connectivity index (χ1n) is 7.82. The van der Waals surface area contributed by atoms with E-state index in [1.165, 1.54) is 0 Å². The van der Waals surface area contributed by atoms with Crippen LogP contribution in [0.25, 0.3) is 0 Å². The average Bonchev–Trinajstić information content (AvgIpc) is 3.17. The van der Waals surface area contributed by atoms with Crippen molar-refractivity contribution >= 4 is 17.5 Å². The Morgan fingerprint density at radius 2 is 1.74 bits per heavy atom. The molecule has 1 aromatic heterocycles. The lowest BCUT2D eigenvalue weighted by atomic mass is 10.1. The minimum absolute atomic E-state index is 0.0571. The van der Waals surface area contributed by atoms with E-state index in [0.717, 1.165) is 25.9 Å². The van der Waals surface area contributed by atoms with Gasteiger partial charge in [-0.05, 0) is 57.0 Å². The van der Waals surface area contributed by atoms with E-state index in [-0.39, 0.29) is 11.8 Å². The Bertz CT molecular complexity index is 725. The van der Waals surface area contributed by atoms with Crippen LogP contribution in [0.5, 0.6) is 0 Å². The summed E-state index contributed by atoms with van der Waals surface area (Å²) in [5, 5.41) is 2.82. The summed E-state index contributed by atoms with van der Waals surface area (Å²) in [4.78, 5) is 26.4. The van der Waals surface area contributed by atoms with Crippen LogP contribution in [0.4, 0.5) is 5.69 Å². The number of likely N-dealkylation sites (tertiary alicyclic amines) is 1. The van der Waals surface area contributed by atoms with Gasteiger partial charge in [-0.1, -0.05) is 0 Å². The lowest BCUT2D eigenvalue weighted by Crippen LogP contribution is -2.27. The van der Waals surface area contributed by atoms with Crippen molar-refractivity contribution in [2.45, 2.75) is 26.7 Å². The number of benzene rings is 1. The number of hydrogen-bond acceptors (Lipinski definition) is 3. The summed E-state index contributed by atoms with van der Waals surface area (Å²) in [7, 11) is 0. The van der Waals surface area contributed by atoms with Gasteiger partial charge in [0.1, 0.15) is 11.5 Å². The molecule has 3 rings (SSSR count). The van der Waals surface area contributed by atoms with Crippen LogP contribution in [0.1, 0.15) is 45.1 Å². The molecule has 120 valence electrons. The minimum atomic E-state index is -0.210. The second-order valence-electron chi connectivity index (χ2n) is 5.86. The standard InChI is InChI=1S/C18H20N2O3/c1-12-11-16(13(2)23-12)17(21)19-15-7-5-14(6-8-15)18(22)20-9-3-4-10-20/h5-8,11H,3-4,9-10H2,1-2H3,(H,19,21). The quantitative estimate of drug-likeness (QED) is 0.945. The largest absolute Gasteiger partial charge is 0.466 e. The summed E-state index contributed by atoms with van der Waals surface area (Å²) in [6.07, 6.45) is 2.15. The second kappa shape index (κ2) is 6.28. The van der Waals surface area contributed by atoms with Gasteiger partial charge < -0.3 is 14.6 Å². The highest BCUT2D eigenvalue weighted by molar-refractivity contribution is 6.05. The highest BCUT2D eigenvalue weighted by Gasteiger charge is 2.19. The minimum Gasteiger partial charge on any atom is -0.466 e. The summed E-state index contributed by atoms with van der Waals surface area (Å²) >= 11 is 0. The van der Waals surface area contributed by atoms with E-state index >= 15 is 0 Å². The van der Waals surface area contributed by atoms with Gasteiger partial charge in [-0.2, -0.15) is 0 Å². The Morgan fingerprint density at radius 1 is 1.09 bits per heavy atom. The van der Waals surface area contributed by atoms with Crippen molar-refractivity contribution in [1.82, 2.24) is 4.90 Å². The van der Waals surface area contributed by atoms with E-state index in [0.29, 0.717) is 28.3 Å². The van der Waals surface area contributed by atoms with Crippen molar-refractivity contribution in [3.63, 3.8) is 0 Å². The molecule has 5 heteroatoms. The van der Waals surface area contributed by atoms with E-state index in [1.54, 1.807) is 37.3 Å². The van der Waals surface area contributed by atoms with Gasteiger partial charge in [0.05, 0.1) is 5.56 Å². The molecule has 0 saturated carbocycles. The molecular weight excluding hydrogens is 292 g/mol. The van der Waals surface area contributed by atoms with Crippen LogP contribution < -0.4 is 5.32 Å². The third-order valence-electron chi connectivity index (χ3n) is 4.07. The number of carbonyl (C=O) groups excluding carboxylic acids is 2. The summed E-state index contributed by atoms with van der Waals surface area (Å²) in [5.74, 6) is 1.15. The highest BCUT2D eigenvalue weighted by Crippen LogP contribution is 2.18. The molecule has 23 heavy (non-hydrogen) atoms. The normalized spacial score (nSPS) is 14.1. The maximum absolute atomic E-state index is 12.3. The van der Waals surface area contributed by atoms with Gasteiger partial charge in [0.15, 0.2) is 0 Å². The molecule has 2 heterocycles. The molecule has 5 nitrogen and oxygen atoms in total. The summed E-state index contributed by atoms with van der Waals surface area (Å²) in [6.45, 7) is 5.23. The van der Waals surface area contributed by atoms with Crippen molar-refractivity contribution in [2.75, 3.05) is 18.4 Å². The van der Waals surface area contributed by atoms with Crippen molar-refractivity contribution in [2.24, 2.45) is 0 Å². The van der Waals surface area contributed by atoms with E-state index in [4.69, 9.17) is 4.42 Å². The molecular formula is C18H20N2O3. The fraction of sp³-hybridized carbons (Fsp3) is 0.333. The summed E-state index contributed by atoms with van der Waals surface area (Å²) < 4.78 is 5.37. The maximum atomic E-state index is 12.3. The first-order chi connectivity index (χ1) is 11.0. The predicted octanol–water partition coefficient (Wildman–Crippen LogP) is 3.38. The second-order valence-corrected chi connectivity index (χ2v) is 5.86. The first kappa shape index (κ1) is 15.3. The van der Waals surface area contributed by atoms with E-state index in [1.807, 2.05) is 11.8 Å². The number of carbonyl (C=O) groups is 2. The number of amides is 2. The van der Waals surface area contributed by atoms with Crippen LogP contribution in [-0.4, -0.2) is 29.8 Å². The molecule has 0 bridgehead atoms. The van der Waals surface area contributed by atoms with Crippen molar-refractivity contribution in [1.29, 1.82) is 0 Å². The van der Waals surface area contributed by atoms with E-state index in [9.17, 15) is 9.59 Å². The zero-order valence-electron chi connectivity index (χ0n) is 13.4. The topological polar surface area (TPSA) is 62.6 Å². The van der Waals surface area contributed by atoms with Gasteiger partial charge >= 0.3 is 0 Å². The predicted molar refractivity (Wildman–Crippen MR) is 87.7 cm³/mol. The lowest BCUT2D eigenvalue weighted by molar-refractivity contribution is 0.0792. The van der Waals surface area contributed by atoms with Gasteiger partial charge in [-0.15, -0.1) is 0 Å². The molecule has 1 N–H and O–H groups in total. The number of furan rings is 1. The Balaban J connectivity index is 1.68. The fourth-order valence-corrected chi connectivity index (χ4v) is 2.85. The smallest absolute Gasteiger partial charge is 0.259 e. The van der Waals surface area contributed by atoms with Gasteiger partial charge in [-0.25, -0.2) is 0 Å². The first-order valence-corrected chi connectivity index (χ1v) is 7.82. The van der Waals surface area contributed by atoms with Crippen LogP contribution in [0.2, 0.25) is 0 Å². The molecule has 0 spiro atoms. The Labute approximate surface area is 135 Å². The van der Waals surface area contributed by atoms with E-state index < -0.39 is 0 Å². The molecule has 1 fully saturated rings. The van der Waals surface area contributed by atoms with Gasteiger partial charge in [0, 0.05) is 24.3 Å². The summed E-state index contributed by atoms with van der Waals surface area (Å²) in [5.41, 5.74) is 1.84. The molecule has 1 saturated heterocycles. The number of nitrogens with one attached hydrogen (secondary N) is 1. The Kier molecular flexibility index (Phi) is 4.19. The molecule has 1 aliphatic rings. The van der Waals surface area contributed by atoms with Crippen LogP contribution in [0.3, 0.4) is 0 Å². The SMILES string of the molecule is Cc1cc(C(=O)Nc2ccc(C(=O)N3CCCC3)cc2)c(C)o1. The molecule has 1 aliphatic heterocycles. The number of hydrogen-bond donors (Lipinski definition) is 1. The molecule has 2 amide bonds. The average molecular weight is 312 g/mol. The molecule has 0 radical (unpaired) electrons. The van der Waals surface area contributed by atoms with Crippen molar-refractivity contribution in [3.05, 3.63) is 53.0 Å². The molecule has 1 aromatic carbocycles. The fourth-order valence-electron chi connectivity index (χ4n) is 2.85. The van der Waals surface area contributed by atoms with Crippen LogP contribution >= 0.6 is 0 Å². The molecule has 0 atom stereocenters. The molecule has 2 aromatic rings. The Hall–Kier alpha value is -2.56. The molecule has 0 aliphatic carbocycles. The maximum Gasteiger partial charge on any atom is 0.259 e. The number of rotatable bonds is 3. The number of nitrogens with zero attached hydrogens (tertiary/aromatic N) is 1.